The van der Waals surface area contributed by atoms with Gasteiger partial charge in [0.1, 0.15) is 0 Å². The van der Waals surface area contributed by atoms with Gasteiger partial charge < -0.3 is 11.1 Å². The molecule has 0 fully saturated rings. The highest BCUT2D eigenvalue weighted by Crippen LogP contribution is 2.13. The van der Waals surface area contributed by atoms with Crippen LogP contribution in [0.2, 0.25) is 0 Å². The molecule has 0 aliphatic heterocycles. The average molecular weight is 260 g/mol. The molecule has 1 aromatic rings. The number of amides is 1. The van der Waals surface area contributed by atoms with Crippen molar-refractivity contribution in [2.45, 2.75) is 44.7 Å². The van der Waals surface area contributed by atoms with Gasteiger partial charge in [-0.2, -0.15) is 0 Å². The molecule has 19 heavy (non-hydrogen) atoms. The Hall–Kier alpha value is -1.61. The van der Waals surface area contributed by atoms with Crippen molar-refractivity contribution in [2.75, 3.05) is 0 Å². The van der Waals surface area contributed by atoms with Crippen molar-refractivity contribution in [3.05, 3.63) is 48.6 Å². The van der Waals surface area contributed by atoms with Gasteiger partial charge in [0, 0.05) is 5.54 Å². The van der Waals surface area contributed by atoms with E-state index in [1.807, 2.05) is 32.0 Å². The summed E-state index contributed by atoms with van der Waals surface area (Å²) in [4.78, 5) is 11.9. The number of hydrogen-bond acceptors (Lipinski definition) is 2. The van der Waals surface area contributed by atoms with Gasteiger partial charge in [0.25, 0.3) is 0 Å². The van der Waals surface area contributed by atoms with Crippen LogP contribution in [0, 0.1) is 0 Å². The molecule has 3 N–H and O–H groups in total. The lowest BCUT2D eigenvalue weighted by Gasteiger charge is -2.28. The summed E-state index contributed by atoms with van der Waals surface area (Å²) >= 11 is 0. The zero-order chi connectivity index (χ0) is 14.3. The summed E-state index contributed by atoms with van der Waals surface area (Å²) in [6, 6.07) is 9.75. The van der Waals surface area contributed by atoms with Crippen molar-refractivity contribution in [3.8, 4) is 0 Å². The molecule has 0 saturated carbocycles. The molecular formula is C16H24N2O. The quantitative estimate of drug-likeness (QED) is 0.740. The second-order valence-electron chi connectivity index (χ2n) is 5.49. The number of aryl methyl sites for hydroxylation is 1. The minimum Gasteiger partial charge on any atom is -0.350 e. The van der Waals surface area contributed by atoms with Crippen molar-refractivity contribution in [3.63, 3.8) is 0 Å². The van der Waals surface area contributed by atoms with Crippen molar-refractivity contribution in [2.24, 2.45) is 5.73 Å². The fourth-order valence-electron chi connectivity index (χ4n) is 1.88. The van der Waals surface area contributed by atoms with E-state index in [2.05, 4.69) is 24.0 Å². The molecule has 0 heterocycles. The number of carbonyl (C=O) groups excluding carboxylic acids is 1. The molecule has 3 nitrogen and oxygen atoms in total. The number of benzene rings is 1. The maximum Gasteiger partial charge on any atom is 0.237 e. The first kappa shape index (κ1) is 15.4. The second kappa shape index (κ2) is 7.10. The van der Waals surface area contributed by atoms with Crippen LogP contribution in [0.1, 0.15) is 32.3 Å². The van der Waals surface area contributed by atoms with Gasteiger partial charge in [-0.1, -0.05) is 36.4 Å². The molecule has 1 atom stereocenters. The standard InChI is InChI=1S/C16H24N2O/c1-4-8-14(17)15(19)18-16(2,3)12-11-13-9-6-5-7-10-13/h4-7,9-10,14H,1,8,11-12,17H2,2-3H3,(H,18,19). The Morgan fingerprint density at radius 3 is 2.63 bits per heavy atom. The minimum absolute atomic E-state index is 0.113. The molecule has 0 aromatic heterocycles. The summed E-state index contributed by atoms with van der Waals surface area (Å²) in [5.41, 5.74) is 6.78. The van der Waals surface area contributed by atoms with Crippen LogP contribution in [0.25, 0.3) is 0 Å². The Morgan fingerprint density at radius 2 is 2.05 bits per heavy atom. The van der Waals surface area contributed by atoms with E-state index in [-0.39, 0.29) is 11.4 Å². The molecule has 0 spiro atoms. The van der Waals surface area contributed by atoms with E-state index in [1.54, 1.807) is 6.08 Å². The zero-order valence-electron chi connectivity index (χ0n) is 11.9. The fourth-order valence-corrected chi connectivity index (χ4v) is 1.88. The first-order valence-electron chi connectivity index (χ1n) is 6.67. The second-order valence-corrected chi connectivity index (χ2v) is 5.49. The van der Waals surface area contributed by atoms with Crippen LogP contribution in [0.4, 0.5) is 0 Å². The van der Waals surface area contributed by atoms with Crippen molar-refractivity contribution < 1.29 is 4.79 Å². The Morgan fingerprint density at radius 1 is 1.42 bits per heavy atom. The van der Waals surface area contributed by atoms with Crippen LogP contribution in [0.15, 0.2) is 43.0 Å². The molecular weight excluding hydrogens is 236 g/mol. The van der Waals surface area contributed by atoms with Crippen LogP contribution in [0.3, 0.4) is 0 Å². The van der Waals surface area contributed by atoms with Crippen LogP contribution in [-0.2, 0) is 11.2 Å². The van der Waals surface area contributed by atoms with E-state index in [9.17, 15) is 4.79 Å². The van der Waals surface area contributed by atoms with Gasteiger partial charge in [0.2, 0.25) is 5.91 Å². The predicted octanol–water partition coefficient (Wildman–Crippen LogP) is 2.42. The molecule has 104 valence electrons. The lowest BCUT2D eigenvalue weighted by Crippen LogP contribution is -2.50. The van der Waals surface area contributed by atoms with Gasteiger partial charge >= 0.3 is 0 Å². The number of carbonyl (C=O) groups is 1. The number of rotatable bonds is 7. The molecule has 0 bridgehead atoms. The first-order chi connectivity index (χ1) is 8.94. The topological polar surface area (TPSA) is 55.1 Å². The Balaban J connectivity index is 2.47. The maximum atomic E-state index is 11.9. The van der Waals surface area contributed by atoms with E-state index in [0.717, 1.165) is 12.8 Å². The van der Waals surface area contributed by atoms with E-state index in [0.29, 0.717) is 6.42 Å². The van der Waals surface area contributed by atoms with E-state index >= 15 is 0 Å². The minimum atomic E-state index is -0.506. The van der Waals surface area contributed by atoms with E-state index in [1.165, 1.54) is 5.56 Å². The Labute approximate surface area is 115 Å². The number of nitrogens with two attached hydrogens (primary N) is 1. The van der Waals surface area contributed by atoms with Crippen LogP contribution >= 0.6 is 0 Å². The van der Waals surface area contributed by atoms with Crippen molar-refractivity contribution >= 4 is 5.91 Å². The highest BCUT2D eigenvalue weighted by atomic mass is 16.2. The summed E-state index contributed by atoms with van der Waals surface area (Å²) in [7, 11) is 0. The molecule has 3 heteroatoms. The first-order valence-corrected chi connectivity index (χ1v) is 6.67. The summed E-state index contributed by atoms with van der Waals surface area (Å²) in [6.07, 6.45) is 3.98. The van der Waals surface area contributed by atoms with Gasteiger partial charge in [0.05, 0.1) is 6.04 Å². The summed E-state index contributed by atoms with van der Waals surface area (Å²) in [6.45, 7) is 7.64. The third-order valence-corrected chi connectivity index (χ3v) is 3.10. The number of nitrogens with one attached hydrogen (secondary N) is 1. The molecule has 1 unspecified atom stereocenters. The molecule has 0 saturated heterocycles. The molecule has 0 aliphatic rings. The highest BCUT2D eigenvalue weighted by molar-refractivity contribution is 5.82. The lowest BCUT2D eigenvalue weighted by atomic mass is 9.94. The third-order valence-electron chi connectivity index (χ3n) is 3.10. The highest BCUT2D eigenvalue weighted by Gasteiger charge is 2.22. The van der Waals surface area contributed by atoms with Crippen LogP contribution in [-0.4, -0.2) is 17.5 Å². The van der Waals surface area contributed by atoms with Crippen molar-refractivity contribution in [1.29, 1.82) is 0 Å². The summed E-state index contributed by atoms with van der Waals surface area (Å²) in [5.74, 6) is -0.113. The maximum absolute atomic E-state index is 11.9. The van der Waals surface area contributed by atoms with E-state index in [4.69, 9.17) is 5.73 Å². The lowest BCUT2D eigenvalue weighted by molar-refractivity contribution is -0.123. The van der Waals surface area contributed by atoms with Gasteiger partial charge in [-0.15, -0.1) is 6.58 Å². The van der Waals surface area contributed by atoms with Gasteiger partial charge in [0.15, 0.2) is 0 Å². The fraction of sp³-hybridized carbons (Fsp3) is 0.438. The summed E-state index contributed by atoms with van der Waals surface area (Å²) < 4.78 is 0. The van der Waals surface area contributed by atoms with Gasteiger partial charge in [-0.25, -0.2) is 0 Å². The van der Waals surface area contributed by atoms with Crippen molar-refractivity contribution in [1.82, 2.24) is 5.32 Å². The van der Waals surface area contributed by atoms with Gasteiger partial charge in [-0.05, 0) is 38.7 Å². The van der Waals surface area contributed by atoms with Gasteiger partial charge in [-0.3, -0.25) is 4.79 Å². The monoisotopic (exact) mass is 260 g/mol. The predicted molar refractivity (Wildman–Crippen MR) is 79.8 cm³/mol. The summed E-state index contributed by atoms with van der Waals surface area (Å²) in [5, 5.41) is 3.00. The molecule has 1 aromatic carbocycles. The zero-order valence-corrected chi connectivity index (χ0v) is 11.9. The molecule has 1 amide bonds. The molecule has 1 rings (SSSR count). The molecule has 0 radical (unpaired) electrons. The molecule has 0 aliphatic carbocycles. The smallest absolute Gasteiger partial charge is 0.237 e. The Bertz CT molecular complexity index is 412. The number of hydrogen-bond donors (Lipinski definition) is 2. The van der Waals surface area contributed by atoms with E-state index < -0.39 is 6.04 Å². The normalized spacial score (nSPS) is 12.8. The van der Waals surface area contributed by atoms with Crippen LogP contribution in [0.5, 0.6) is 0 Å². The SMILES string of the molecule is C=CCC(N)C(=O)NC(C)(C)CCc1ccccc1. The third kappa shape index (κ3) is 5.71. The average Bonchev–Trinajstić information content (AvgIpc) is 2.37. The largest absolute Gasteiger partial charge is 0.350 e. The van der Waals surface area contributed by atoms with Crippen LogP contribution < -0.4 is 11.1 Å². The Kier molecular flexibility index (Phi) is 5.77.